The Balaban J connectivity index is 1.20. The van der Waals surface area contributed by atoms with Crippen molar-refractivity contribution in [2.45, 2.75) is 0 Å². The summed E-state index contributed by atoms with van der Waals surface area (Å²) in [7, 11) is 0. The Morgan fingerprint density at radius 3 is 1.66 bits per heavy atom. The zero-order chi connectivity index (χ0) is 35.5. The van der Waals surface area contributed by atoms with Crippen molar-refractivity contribution in [2.24, 2.45) is 0 Å². The zero-order valence-electron chi connectivity index (χ0n) is 30.0. The predicted molar refractivity (Wildman–Crippen MR) is 192 cm³/mol. The molecule has 0 bridgehead atoms. The van der Waals surface area contributed by atoms with Crippen molar-refractivity contribution in [1.82, 2.24) is 15.0 Å². The summed E-state index contributed by atoms with van der Waals surface area (Å²) in [6, 6.07) is 42.2. The van der Waals surface area contributed by atoms with Gasteiger partial charge in [0.2, 0.25) is 0 Å². The van der Waals surface area contributed by atoms with E-state index in [0.29, 0.717) is 22.3 Å². The van der Waals surface area contributed by atoms with E-state index in [2.05, 4.69) is 48.5 Å². The number of para-hydroxylation sites is 1. The Hall–Kier alpha value is -6.39. The molecule has 0 unspecified atom stereocenters. The first-order valence-electron chi connectivity index (χ1n) is 17.8. The lowest BCUT2D eigenvalue weighted by atomic mass is 9.99. The van der Waals surface area contributed by atoms with Gasteiger partial charge in [0.15, 0.2) is 17.5 Å². The average Bonchev–Trinajstić information content (AvgIpc) is 3.56. The highest BCUT2D eigenvalue weighted by Crippen LogP contribution is 2.37. The molecular weight excluding hydrogens is 574 g/mol. The molecule has 0 amide bonds. The Kier molecular flexibility index (Phi) is 5.28. The fraction of sp³-hybridized carbons (Fsp3) is 0. The van der Waals surface area contributed by atoms with Crippen molar-refractivity contribution in [2.75, 3.05) is 0 Å². The van der Waals surface area contributed by atoms with Crippen LogP contribution in [0.25, 0.3) is 89.1 Å². The van der Waals surface area contributed by atoms with Crippen LogP contribution in [0.5, 0.6) is 0 Å². The third-order valence-electron chi connectivity index (χ3n) is 8.43. The maximum absolute atomic E-state index is 8.70. The van der Waals surface area contributed by atoms with Crippen LogP contribution in [0.1, 0.15) is 6.85 Å². The van der Waals surface area contributed by atoms with Gasteiger partial charge in [-0.25, -0.2) is 15.0 Å². The molecule has 0 atom stereocenters. The molecule has 7 aromatic carbocycles. The van der Waals surface area contributed by atoms with E-state index in [0.717, 1.165) is 43.8 Å². The molecule has 2 heterocycles. The van der Waals surface area contributed by atoms with Crippen LogP contribution in [0, 0.1) is 0 Å². The highest BCUT2D eigenvalue weighted by atomic mass is 16.3. The van der Waals surface area contributed by atoms with Gasteiger partial charge in [-0.15, -0.1) is 0 Å². The van der Waals surface area contributed by atoms with Crippen LogP contribution < -0.4 is 0 Å². The summed E-state index contributed by atoms with van der Waals surface area (Å²) < 4.78 is 48.7. The third kappa shape index (κ3) is 4.93. The third-order valence-corrected chi connectivity index (χ3v) is 8.43. The first-order valence-corrected chi connectivity index (χ1v) is 15.3. The molecule has 220 valence electrons. The van der Waals surface area contributed by atoms with Crippen molar-refractivity contribution in [3.05, 3.63) is 164 Å². The molecule has 4 heteroatoms. The smallest absolute Gasteiger partial charge is 0.167 e. The molecule has 0 saturated carbocycles. The van der Waals surface area contributed by atoms with Crippen molar-refractivity contribution in [3.8, 4) is 56.4 Å². The van der Waals surface area contributed by atoms with E-state index in [1.165, 1.54) is 0 Å². The maximum Gasteiger partial charge on any atom is 0.167 e. The zero-order valence-corrected chi connectivity index (χ0v) is 25.0. The largest absolute Gasteiger partial charge is 0.455 e. The summed E-state index contributed by atoms with van der Waals surface area (Å²) in [6.07, 6.45) is 0. The van der Waals surface area contributed by atoms with E-state index in [4.69, 9.17) is 26.2 Å². The minimum absolute atomic E-state index is 0.0311. The average molecular weight is 607 g/mol. The molecule has 0 fully saturated rings. The van der Waals surface area contributed by atoms with Crippen molar-refractivity contribution in [1.29, 1.82) is 0 Å². The van der Waals surface area contributed by atoms with E-state index < -0.39 is 30.2 Å². The van der Waals surface area contributed by atoms with Gasteiger partial charge in [0.05, 0.1) is 12.4 Å². The number of furan rings is 1. The van der Waals surface area contributed by atoms with Gasteiger partial charge in [-0.05, 0) is 51.2 Å². The van der Waals surface area contributed by atoms with E-state index >= 15 is 0 Å². The molecule has 47 heavy (non-hydrogen) atoms. The van der Waals surface area contributed by atoms with Gasteiger partial charge in [-0.2, -0.15) is 0 Å². The Morgan fingerprint density at radius 2 is 0.979 bits per heavy atom. The summed E-state index contributed by atoms with van der Waals surface area (Å²) in [4.78, 5) is 14.4. The molecule has 0 N–H and O–H groups in total. The first kappa shape index (κ1) is 22.2. The topological polar surface area (TPSA) is 51.8 Å². The molecule has 0 aliphatic heterocycles. The van der Waals surface area contributed by atoms with Crippen molar-refractivity contribution >= 4 is 32.7 Å². The van der Waals surface area contributed by atoms with Gasteiger partial charge in [-0.1, -0.05) is 145 Å². The highest BCUT2D eigenvalue weighted by molar-refractivity contribution is 6.12. The van der Waals surface area contributed by atoms with Gasteiger partial charge in [0.1, 0.15) is 11.2 Å². The molecule has 0 aliphatic carbocycles. The van der Waals surface area contributed by atoms with E-state index in [9.17, 15) is 0 Å². The number of aromatic nitrogens is 3. The van der Waals surface area contributed by atoms with Gasteiger partial charge < -0.3 is 4.42 Å². The maximum atomic E-state index is 8.70. The molecule has 9 aromatic rings. The number of benzene rings is 7. The molecule has 4 nitrogen and oxygen atoms in total. The normalized spacial score (nSPS) is 12.9. The Bertz CT molecular complexity index is 2810. The fourth-order valence-electron chi connectivity index (χ4n) is 6.06. The van der Waals surface area contributed by atoms with Crippen LogP contribution in [0.3, 0.4) is 0 Å². The summed E-state index contributed by atoms with van der Waals surface area (Å²) >= 11 is 0. The summed E-state index contributed by atoms with van der Waals surface area (Å²) in [5.41, 5.74) is 6.78. The summed E-state index contributed by atoms with van der Waals surface area (Å²) in [6.45, 7) is 0. The van der Waals surface area contributed by atoms with E-state index in [-0.39, 0.29) is 23.0 Å². The van der Waals surface area contributed by atoms with Gasteiger partial charge in [0.25, 0.3) is 0 Å². The molecule has 0 spiro atoms. The summed E-state index contributed by atoms with van der Waals surface area (Å²) in [5, 5.41) is 3.97. The van der Waals surface area contributed by atoms with E-state index in [1.54, 1.807) is 0 Å². The number of hydrogen-bond donors (Lipinski definition) is 0. The Morgan fingerprint density at radius 1 is 0.426 bits per heavy atom. The second-order valence-corrected chi connectivity index (χ2v) is 11.3. The molecule has 2 aromatic heterocycles. The standard InChI is InChI=1S/C43H27N3O/c1-3-10-28(11-4-1)29-18-20-30(21-19-29)31-22-24-33(25-23-31)42-44-41(32-12-5-2-6-13-32)45-43(46-42)37-17-9-16-36-38-26-34-14-7-8-15-35(34)27-39(38)47-40(36)37/h1-27H/i2D,5D,6D,12D,13D. The van der Waals surface area contributed by atoms with Crippen LogP contribution in [0.15, 0.2) is 168 Å². The minimum atomic E-state index is -0.486. The highest BCUT2D eigenvalue weighted by Gasteiger charge is 2.18. The van der Waals surface area contributed by atoms with Crippen LogP contribution in [0.4, 0.5) is 0 Å². The minimum Gasteiger partial charge on any atom is -0.455 e. The predicted octanol–water partition coefficient (Wildman–Crippen LogP) is 11.3. The lowest BCUT2D eigenvalue weighted by Gasteiger charge is -2.10. The second kappa shape index (κ2) is 11.2. The van der Waals surface area contributed by atoms with Gasteiger partial charge in [-0.3, -0.25) is 0 Å². The molecule has 0 saturated heterocycles. The van der Waals surface area contributed by atoms with Crippen LogP contribution in [0.2, 0.25) is 0 Å². The number of hydrogen-bond acceptors (Lipinski definition) is 4. The van der Waals surface area contributed by atoms with Crippen molar-refractivity contribution < 1.29 is 11.3 Å². The van der Waals surface area contributed by atoms with Crippen LogP contribution in [-0.4, -0.2) is 15.0 Å². The van der Waals surface area contributed by atoms with Gasteiger partial charge in [0, 0.05) is 21.9 Å². The van der Waals surface area contributed by atoms with Crippen LogP contribution >= 0.6 is 0 Å². The Labute approximate surface area is 278 Å². The molecular formula is C43H27N3O. The number of fused-ring (bicyclic) bond motifs is 4. The van der Waals surface area contributed by atoms with Crippen molar-refractivity contribution in [3.63, 3.8) is 0 Å². The molecule has 0 radical (unpaired) electrons. The SMILES string of the molecule is [2H]c1c([2H])c([2H])c(-c2nc(-c3ccc(-c4ccc(-c5ccccc5)cc4)cc3)nc(-c3cccc4c3oc3cc5ccccc5cc34)n2)c([2H])c1[2H]. The monoisotopic (exact) mass is 606 g/mol. The lowest BCUT2D eigenvalue weighted by Crippen LogP contribution is -2.00. The second-order valence-electron chi connectivity index (χ2n) is 11.3. The molecule has 9 rings (SSSR count). The first-order chi connectivity index (χ1) is 25.3. The lowest BCUT2D eigenvalue weighted by molar-refractivity contribution is 0.670. The fourth-order valence-corrected chi connectivity index (χ4v) is 6.06. The molecule has 0 aliphatic rings. The number of rotatable bonds is 5. The summed E-state index contributed by atoms with van der Waals surface area (Å²) in [5.74, 6) is 0.509. The number of nitrogens with zero attached hydrogens (tertiary/aromatic N) is 3. The van der Waals surface area contributed by atoms with E-state index in [1.807, 2.05) is 84.9 Å². The van der Waals surface area contributed by atoms with Crippen LogP contribution in [-0.2, 0) is 0 Å². The van der Waals surface area contributed by atoms with Gasteiger partial charge >= 0.3 is 0 Å². The quantitative estimate of drug-likeness (QED) is 0.196.